The topological polar surface area (TPSA) is 26.0 Å². The van der Waals surface area contributed by atoms with Crippen LogP contribution >= 0.6 is 0 Å². The molecule has 0 atom stereocenters. The van der Waals surface area contributed by atoms with Gasteiger partial charge in [0.05, 0.1) is 1.37 Å². The van der Waals surface area contributed by atoms with E-state index in [-0.39, 0.29) is 0 Å². The second-order valence-electron chi connectivity index (χ2n) is 4.45. The van der Waals surface area contributed by atoms with Crippen molar-refractivity contribution in [2.24, 2.45) is 0 Å². The van der Waals surface area contributed by atoms with Crippen molar-refractivity contribution in [2.75, 3.05) is 0 Å². The fraction of sp³-hybridized carbons (Fsp3) is 0. The monoisotopic (exact) mass is 246 g/mol. The summed E-state index contributed by atoms with van der Waals surface area (Å²) >= 11 is 0. The fourth-order valence-electron chi connectivity index (χ4n) is 2.41. The highest BCUT2D eigenvalue weighted by Gasteiger charge is 2.11. The van der Waals surface area contributed by atoms with Gasteiger partial charge in [0, 0.05) is 28.7 Å². The van der Waals surface area contributed by atoms with Crippen LogP contribution in [0, 0.1) is 0 Å². The summed E-state index contributed by atoms with van der Waals surface area (Å²) in [6.45, 7) is 0. The standard InChI is InChI=1S/C17H11NO/c1-2-6-12(7-3-1)14-10-18-11-15-13-8-4-5-9-16(13)19-17(14)15/h1-11H/i2D. The molecule has 0 spiro atoms. The number of para-hydroxylation sites is 1. The third-order valence-electron chi connectivity index (χ3n) is 3.30. The lowest BCUT2D eigenvalue weighted by Gasteiger charge is -2.00. The lowest BCUT2D eigenvalue weighted by atomic mass is 10.1. The van der Waals surface area contributed by atoms with E-state index < -0.39 is 0 Å². The Morgan fingerprint density at radius 3 is 2.74 bits per heavy atom. The molecule has 4 rings (SSSR count). The van der Waals surface area contributed by atoms with Crippen molar-refractivity contribution < 1.29 is 5.79 Å². The average molecular weight is 246 g/mol. The highest BCUT2D eigenvalue weighted by molar-refractivity contribution is 6.08. The number of furan rings is 1. The molecule has 0 fully saturated rings. The molecule has 2 heterocycles. The minimum Gasteiger partial charge on any atom is -0.455 e. The van der Waals surface area contributed by atoms with Gasteiger partial charge in [-0.05, 0) is 11.6 Å². The molecular weight excluding hydrogens is 234 g/mol. The minimum absolute atomic E-state index is 0.482. The van der Waals surface area contributed by atoms with Crippen LogP contribution in [-0.4, -0.2) is 4.98 Å². The van der Waals surface area contributed by atoms with Gasteiger partial charge in [-0.3, -0.25) is 4.98 Å². The van der Waals surface area contributed by atoms with Crippen LogP contribution in [0.1, 0.15) is 1.37 Å². The molecule has 0 unspecified atom stereocenters. The van der Waals surface area contributed by atoms with E-state index in [1.54, 1.807) is 12.3 Å². The van der Waals surface area contributed by atoms with Gasteiger partial charge in [-0.2, -0.15) is 0 Å². The molecule has 4 aromatic rings. The summed E-state index contributed by atoms with van der Waals surface area (Å²) < 4.78 is 13.7. The predicted molar refractivity (Wildman–Crippen MR) is 77.0 cm³/mol. The van der Waals surface area contributed by atoms with E-state index in [0.29, 0.717) is 6.04 Å². The largest absolute Gasteiger partial charge is 0.455 e. The van der Waals surface area contributed by atoms with E-state index in [1.165, 1.54) is 0 Å². The Morgan fingerprint density at radius 2 is 1.79 bits per heavy atom. The number of nitrogens with zero attached hydrogens (tertiary/aromatic N) is 1. The van der Waals surface area contributed by atoms with Crippen LogP contribution in [0.3, 0.4) is 0 Å². The Labute approximate surface area is 111 Å². The molecule has 2 nitrogen and oxygen atoms in total. The first-order valence-electron chi connectivity index (χ1n) is 6.65. The van der Waals surface area contributed by atoms with Crippen molar-refractivity contribution in [3.8, 4) is 11.1 Å². The van der Waals surface area contributed by atoms with Gasteiger partial charge in [-0.1, -0.05) is 48.5 Å². The van der Waals surface area contributed by atoms with Gasteiger partial charge in [-0.25, -0.2) is 0 Å². The number of fused-ring (bicyclic) bond motifs is 3. The Balaban J connectivity index is 2.10. The number of hydrogen-bond acceptors (Lipinski definition) is 2. The van der Waals surface area contributed by atoms with Crippen LogP contribution in [-0.2, 0) is 0 Å². The molecule has 0 radical (unpaired) electrons. The van der Waals surface area contributed by atoms with Crippen LogP contribution in [0.5, 0.6) is 0 Å². The van der Waals surface area contributed by atoms with Crippen molar-refractivity contribution in [1.29, 1.82) is 0 Å². The zero-order chi connectivity index (χ0) is 13.5. The molecule has 0 saturated heterocycles. The summed E-state index contributed by atoms with van der Waals surface area (Å²) in [6.07, 6.45) is 3.62. The average Bonchev–Trinajstić information content (AvgIpc) is 2.86. The molecule has 0 aliphatic carbocycles. The van der Waals surface area contributed by atoms with Crippen molar-refractivity contribution in [2.45, 2.75) is 0 Å². The number of pyridine rings is 1. The van der Waals surface area contributed by atoms with Crippen LogP contribution in [0.2, 0.25) is 0 Å². The van der Waals surface area contributed by atoms with Gasteiger partial charge >= 0.3 is 0 Å². The Kier molecular flexibility index (Phi) is 1.94. The maximum absolute atomic E-state index is 7.75. The molecule has 90 valence electrons. The van der Waals surface area contributed by atoms with E-state index in [0.717, 1.165) is 33.1 Å². The molecule has 0 saturated carbocycles. The number of rotatable bonds is 1. The highest BCUT2D eigenvalue weighted by atomic mass is 16.3. The lowest BCUT2D eigenvalue weighted by molar-refractivity contribution is 0.669. The van der Waals surface area contributed by atoms with Crippen LogP contribution in [0.4, 0.5) is 0 Å². The fourth-order valence-corrected chi connectivity index (χ4v) is 2.41. The third-order valence-corrected chi connectivity index (χ3v) is 3.30. The SMILES string of the molecule is [2H]c1cccc(-c2cncc3c2oc2ccccc23)c1. The summed E-state index contributed by atoms with van der Waals surface area (Å²) in [6, 6.07) is 15.9. The molecule has 0 N–H and O–H groups in total. The van der Waals surface area contributed by atoms with Crippen LogP contribution < -0.4 is 0 Å². The first-order chi connectivity index (χ1) is 9.83. The quantitative estimate of drug-likeness (QED) is 0.488. The van der Waals surface area contributed by atoms with E-state index in [9.17, 15) is 0 Å². The van der Waals surface area contributed by atoms with Crippen molar-refractivity contribution >= 4 is 21.9 Å². The third kappa shape index (κ3) is 1.54. The van der Waals surface area contributed by atoms with Gasteiger partial charge in [0.15, 0.2) is 0 Å². The first kappa shape index (κ1) is 9.34. The van der Waals surface area contributed by atoms with E-state index in [2.05, 4.69) is 4.98 Å². The number of hydrogen-bond donors (Lipinski definition) is 0. The molecule has 0 amide bonds. The summed E-state index contributed by atoms with van der Waals surface area (Å²) in [5, 5.41) is 2.08. The van der Waals surface area contributed by atoms with E-state index >= 15 is 0 Å². The van der Waals surface area contributed by atoms with Gasteiger partial charge in [0.2, 0.25) is 0 Å². The summed E-state index contributed by atoms with van der Waals surface area (Å²) in [7, 11) is 0. The minimum atomic E-state index is 0.482. The van der Waals surface area contributed by atoms with Crippen LogP contribution in [0.15, 0.2) is 71.4 Å². The van der Waals surface area contributed by atoms with Gasteiger partial charge in [0.25, 0.3) is 0 Å². The number of benzene rings is 2. The molecule has 0 aliphatic rings. The molecule has 2 aromatic carbocycles. The molecule has 0 bridgehead atoms. The molecule has 19 heavy (non-hydrogen) atoms. The second-order valence-corrected chi connectivity index (χ2v) is 4.45. The molecule has 0 aliphatic heterocycles. The predicted octanol–water partition coefficient (Wildman–Crippen LogP) is 4.65. The maximum Gasteiger partial charge on any atom is 0.146 e. The van der Waals surface area contributed by atoms with E-state index in [4.69, 9.17) is 5.79 Å². The Hall–Kier alpha value is -2.61. The molecule has 2 heteroatoms. The van der Waals surface area contributed by atoms with E-state index in [1.807, 2.05) is 48.7 Å². The van der Waals surface area contributed by atoms with Gasteiger partial charge in [0.1, 0.15) is 11.2 Å². The first-order valence-corrected chi connectivity index (χ1v) is 6.15. The molecular formula is C17H11NO. The Morgan fingerprint density at radius 1 is 0.895 bits per heavy atom. The summed E-state index contributed by atoms with van der Waals surface area (Å²) in [5.74, 6) is 0. The Bertz CT molecular complexity index is 926. The smallest absolute Gasteiger partial charge is 0.146 e. The summed E-state index contributed by atoms with van der Waals surface area (Å²) in [5.41, 5.74) is 3.56. The highest BCUT2D eigenvalue weighted by Crippen LogP contribution is 2.34. The second kappa shape index (κ2) is 3.95. The zero-order valence-electron chi connectivity index (χ0n) is 11.1. The van der Waals surface area contributed by atoms with Gasteiger partial charge < -0.3 is 4.42 Å². The summed E-state index contributed by atoms with van der Waals surface area (Å²) in [4.78, 5) is 4.32. The molecule has 2 aromatic heterocycles. The van der Waals surface area contributed by atoms with Gasteiger partial charge in [-0.15, -0.1) is 0 Å². The van der Waals surface area contributed by atoms with Crippen molar-refractivity contribution in [3.63, 3.8) is 0 Å². The normalized spacial score (nSPS) is 11.9. The van der Waals surface area contributed by atoms with Crippen molar-refractivity contribution in [1.82, 2.24) is 4.98 Å². The lowest BCUT2D eigenvalue weighted by Crippen LogP contribution is -1.80. The zero-order valence-corrected chi connectivity index (χ0v) is 10.1. The van der Waals surface area contributed by atoms with Crippen LogP contribution in [0.25, 0.3) is 33.1 Å². The number of aromatic nitrogens is 1. The van der Waals surface area contributed by atoms with Crippen molar-refractivity contribution in [3.05, 3.63) is 67.0 Å². The maximum atomic E-state index is 7.75.